The van der Waals surface area contributed by atoms with Crippen LogP contribution in [-0.2, 0) is 4.74 Å². The molecule has 1 atom stereocenters. The number of nitrogens with zero attached hydrogens (tertiary/aromatic N) is 1. The number of fused-ring (bicyclic) bond motifs is 1. The standard InChI is InChI=1S/C28H34FN3O3/c1-28(2,3)35-27(33)32(4)15-13-20-16-19(12-14-30-20)18-10-11-23-22(17-18)25(29)26(31-23)21-8-6-7-9-24(21)34-5/h6-11,16-17,20,30-31H,12-15H2,1-5H3. The normalized spacial score (nSPS) is 16.2. The van der Waals surface area contributed by atoms with E-state index >= 15 is 4.39 Å². The van der Waals surface area contributed by atoms with Crippen molar-refractivity contribution in [2.75, 3.05) is 27.2 Å². The number of rotatable bonds is 6. The van der Waals surface area contributed by atoms with E-state index in [9.17, 15) is 4.79 Å². The molecule has 186 valence electrons. The number of methoxy groups -OCH3 is 1. The molecule has 1 aliphatic heterocycles. The van der Waals surface area contributed by atoms with Crippen LogP contribution in [0.4, 0.5) is 9.18 Å². The van der Waals surface area contributed by atoms with Crippen molar-refractivity contribution in [1.82, 2.24) is 15.2 Å². The number of halogens is 1. The number of ether oxygens (including phenoxy) is 2. The van der Waals surface area contributed by atoms with Gasteiger partial charge in [-0.15, -0.1) is 0 Å². The fourth-order valence-electron chi connectivity index (χ4n) is 4.36. The lowest BCUT2D eigenvalue weighted by Gasteiger charge is -2.27. The number of aromatic amines is 1. The lowest BCUT2D eigenvalue weighted by Crippen LogP contribution is -2.38. The zero-order chi connectivity index (χ0) is 25.2. The number of hydrogen-bond donors (Lipinski definition) is 2. The van der Waals surface area contributed by atoms with Crippen LogP contribution in [0.25, 0.3) is 27.7 Å². The number of benzene rings is 2. The predicted octanol–water partition coefficient (Wildman–Crippen LogP) is 5.98. The van der Waals surface area contributed by atoms with Crippen LogP contribution >= 0.6 is 0 Å². The Balaban J connectivity index is 1.53. The molecule has 2 heterocycles. The van der Waals surface area contributed by atoms with E-state index in [-0.39, 0.29) is 18.0 Å². The molecule has 1 unspecified atom stereocenters. The van der Waals surface area contributed by atoms with Crippen molar-refractivity contribution < 1.29 is 18.7 Å². The van der Waals surface area contributed by atoms with Crippen molar-refractivity contribution >= 4 is 22.6 Å². The number of aromatic nitrogens is 1. The summed E-state index contributed by atoms with van der Waals surface area (Å²) in [6.07, 6.45) is 3.49. The summed E-state index contributed by atoms with van der Waals surface area (Å²) in [5.74, 6) is 0.342. The van der Waals surface area contributed by atoms with Crippen molar-refractivity contribution in [3.63, 3.8) is 0 Å². The molecule has 2 aromatic carbocycles. The Labute approximate surface area is 206 Å². The molecule has 4 rings (SSSR count). The van der Waals surface area contributed by atoms with Crippen LogP contribution in [0.15, 0.2) is 48.5 Å². The molecule has 0 fully saturated rings. The minimum atomic E-state index is -0.515. The molecule has 0 bridgehead atoms. The number of hydrogen-bond acceptors (Lipinski definition) is 4. The maximum Gasteiger partial charge on any atom is 0.410 e. The van der Waals surface area contributed by atoms with Gasteiger partial charge in [0.15, 0.2) is 5.82 Å². The summed E-state index contributed by atoms with van der Waals surface area (Å²) < 4.78 is 26.3. The van der Waals surface area contributed by atoms with Crippen LogP contribution in [0.2, 0.25) is 0 Å². The fraction of sp³-hybridized carbons (Fsp3) is 0.393. The molecule has 1 aliphatic rings. The monoisotopic (exact) mass is 479 g/mol. The van der Waals surface area contributed by atoms with Crippen LogP contribution in [0.3, 0.4) is 0 Å². The Hall–Kier alpha value is -3.32. The van der Waals surface area contributed by atoms with Crippen LogP contribution in [0.1, 0.15) is 39.2 Å². The van der Waals surface area contributed by atoms with E-state index in [4.69, 9.17) is 9.47 Å². The van der Waals surface area contributed by atoms with Crippen molar-refractivity contribution in [1.29, 1.82) is 0 Å². The van der Waals surface area contributed by atoms with Gasteiger partial charge in [0.2, 0.25) is 0 Å². The van der Waals surface area contributed by atoms with Crippen LogP contribution in [0.5, 0.6) is 5.75 Å². The molecule has 1 amide bonds. The third-order valence-electron chi connectivity index (χ3n) is 6.17. The van der Waals surface area contributed by atoms with Gasteiger partial charge in [-0.05, 0) is 75.6 Å². The first-order valence-electron chi connectivity index (χ1n) is 12.0. The van der Waals surface area contributed by atoms with Crippen molar-refractivity contribution in [2.45, 2.75) is 45.3 Å². The first kappa shape index (κ1) is 24.8. The lowest BCUT2D eigenvalue weighted by molar-refractivity contribution is 0.0295. The molecule has 35 heavy (non-hydrogen) atoms. The van der Waals surface area contributed by atoms with Crippen LogP contribution in [0, 0.1) is 5.82 Å². The number of carbonyl (C=O) groups excluding carboxylic acids is 1. The SMILES string of the molecule is COc1ccccc1-c1[nH]c2ccc(C3=CC(CCN(C)C(=O)OC(C)(C)C)NCC3)cc2c1F. The molecule has 0 saturated carbocycles. The van der Waals surface area contributed by atoms with Crippen molar-refractivity contribution in [3.8, 4) is 17.0 Å². The lowest BCUT2D eigenvalue weighted by atomic mass is 9.95. The van der Waals surface area contributed by atoms with Crippen molar-refractivity contribution in [2.24, 2.45) is 0 Å². The smallest absolute Gasteiger partial charge is 0.410 e. The highest BCUT2D eigenvalue weighted by molar-refractivity contribution is 5.90. The minimum absolute atomic E-state index is 0.125. The highest BCUT2D eigenvalue weighted by atomic mass is 19.1. The summed E-state index contributed by atoms with van der Waals surface area (Å²) in [4.78, 5) is 17.1. The molecule has 2 N–H and O–H groups in total. The van der Waals surface area contributed by atoms with Crippen LogP contribution < -0.4 is 10.1 Å². The zero-order valence-corrected chi connectivity index (χ0v) is 21.1. The highest BCUT2D eigenvalue weighted by Gasteiger charge is 2.22. The zero-order valence-electron chi connectivity index (χ0n) is 21.1. The summed E-state index contributed by atoms with van der Waals surface area (Å²) in [5.41, 5.74) is 3.54. The molecule has 0 saturated heterocycles. The second kappa shape index (κ2) is 10.1. The second-order valence-corrected chi connectivity index (χ2v) is 9.97. The quantitative estimate of drug-likeness (QED) is 0.456. The summed E-state index contributed by atoms with van der Waals surface area (Å²) in [6.45, 7) is 6.98. The Morgan fingerprint density at radius 2 is 1.97 bits per heavy atom. The Bertz CT molecular complexity index is 1240. The Morgan fingerprint density at radius 3 is 2.71 bits per heavy atom. The van der Waals surface area contributed by atoms with E-state index in [0.29, 0.717) is 28.9 Å². The van der Waals surface area contributed by atoms with Gasteiger partial charge in [0.25, 0.3) is 0 Å². The van der Waals surface area contributed by atoms with E-state index in [1.165, 1.54) is 5.57 Å². The Kier molecular flexibility index (Phi) is 7.17. The third-order valence-corrected chi connectivity index (χ3v) is 6.17. The van der Waals surface area contributed by atoms with Gasteiger partial charge in [-0.25, -0.2) is 9.18 Å². The van der Waals surface area contributed by atoms with Crippen molar-refractivity contribution in [3.05, 3.63) is 59.9 Å². The molecule has 0 aliphatic carbocycles. The first-order valence-corrected chi connectivity index (χ1v) is 12.0. The van der Waals surface area contributed by atoms with E-state index in [2.05, 4.69) is 16.4 Å². The number of amides is 1. The summed E-state index contributed by atoms with van der Waals surface area (Å²) >= 11 is 0. The van der Waals surface area contributed by atoms with Gasteiger partial charge >= 0.3 is 6.09 Å². The molecule has 3 aromatic rings. The summed E-state index contributed by atoms with van der Waals surface area (Å²) in [6, 6.07) is 13.4. The summed E-state index contributed by atoms with van der Waals surface area (Å²) in [7, 11) is 3.34. The maximum absolute atomic E-state index is 15.5. The Morgan fingerprint density at radius 1 is 1.20 bits per heavy atom. The van der Waals surface area contributed by atoms with E-state index < -0.39 is 5.60 Å². The van der Waals surface area contributed by atoms with Gasteiger partial charge in [0.1, 0.15) is 11.4 Å². The first-order chi connectivity index (χ1) is 16.7. The largest absolute Gasteiger partial charge is 0.496 e. The number of carbonyl (C=O) groups is 1. The topological polar surface area (TPSA) is 66.6 Å². The molecular weight excluding hydrogens is 445 g/mol. The van der Waals surface area contributed by atoms with Gasteiger partial charge in [-0.3, -0.25) is 0 Å². The highest BCUT2D eigenvalue weighted by Crippen LogP contribution is 2.36. The molecule has 1 aromatic heterocycles. The molecule has 0 radical (unpaired) electrons. The van der Waals surface area contributed by atoms with E-state index in [1.807, 2.05) is 63.2 Å². The third kappa shape index (κ3) is 5.68. The average molecular weight is 480 g/mol. The molecule has 7 heteroatoms. The van der Waals surface area contributed by atoms with E-state index in [1.54, 1.807) is 19.1 Å². The number of H-pyrrole nitrogens is 1. The average Bonchev–Trinajstić information content (AvgIpc) is 3.17. The van der Waals surface area contributed by atoms with Crippen LogP contribution in [-0.4, -0.2) is 54.9 Å². The fourth-order valence-corrected chi connectivity index (χ4v) is 4.36. The summed E-state index contributed by atoms with van der Waals surface area (Å²) in [5, 5.41) is 4.06. The van der Waals surface area contributed by atoms with Gasteiger partial charge in [-0.1, -0.05) is 24.3 Å². The molecule has 6 nitrogen and oxygen atoms in total. The molecular formula is C28H34FN3O3. The van der Waals surface area contributed by atoms with Gasteiger partial charge in [0, 0.05) is 36.1 Å². The minimum Gasteiger partial charge on any atom is -0.496 e. The van der Waals surface area contributed by atoms with Gasteiger partial charge in [0.05, 0.1) is 12.8 Å². The van der Waals surface area contributed by atoms with E-state index in [0.717, 1.165) is 30.5 Å². The van der Waals surface area contributed by atoms with Gasteiger partial charge in [-0.2, -0.15) is 0 Å². The second-order valence-electron chi connectivity index (χ2n) is 9.97. The number of para-hydroxylation sites is 1. The number of nitrogens with one attached hydrogen (secondary N) is 2. The van der Waals surface area contributed by atoms with Gasteiger partial charge < -0.3 is 24.7 Å². The maximum atomic E-state index is 15.5. The molecule has 0 spiro atoms. The predicted molar refractivity (Wildman–Crippen MR) is 138 cm³/mol.